The number of nitrogens with one attached hydrogen (secondary N) is 2. The van der Waals surface area contributed by atoms with E-state index in [1.807, 2.05) is 45.0 Å². The van der Waals surface area contributed by atoms with E-state index in [0.717, 1.165) is 85.7 Å². The van der Waals surface area contributed by atoms with Gasteiger partial charge in [0.25, 0.3) is 0 Å². The van der Waals surface area contributed by atoms with Gasteiger partial charge in [0.05, 0.1) is 43.5 Å². The number of rotatable bonds is 17. The Morgan fingerprint density at radius 1 is 1.00 bits per heavy atom. The van der Waals surface area contributed by atoms with Crippen LogP contribution in [0.25, 0.3) is 33.3 Å². The molecule has 3 fully saturated rings. The summed E-state index contributed by atoms with van der Waals surface area (Å²) >= 11 is -1.28. The zero-order valence-corrected chi connectivity index (χ0v) is 49.1. The first kappa shape index (κ1) is 58.0. The first-order chi connectivity index (χ1) is 38.2. The molecule has 0 spiro atoms. The van der Waals surface area contributed by atoms with Crippen molar-refractivity contribution in [1.82, 2.24) is 35.2 Å². The van der Waals surface area contributed by atoms with Crippen LogP contribution in [0.4, 0.5) is 0 Å². The van der Waals surface area contributed by atoms with Crippen LogP contribution in [0.1, 0.15) is 108 Å². The number of amides is 2. The molecule has 0 aliphatic carbocycles. The summed E-state index contributed by atoms with van der Waals surface area (Å²) in [6.07, 6.45) is 3.88. The van der Waals surface area contributed by atoms with Gasteiger partial charge in [-0.15, -0.1) is 0 Å². The smallest absolute Gasteiger partial charge is 0.0587 e. The van der Waals surface area contributed by atoms with Crippen molar-refractivity contribution in [2.24, 2.45) is 11.8 Å². The number of halogens is 1. The van der Waals surface area contributed by atoms with Crippen molar-refractivity contribution in [1.29, 1.82) is 0 Å². The molecule has 2 amide bonds. The molecule has 6 bridgehead atoms. The predicted molar refractivity (Wildman–Crippen MR) is 296 cm³/mol. The number of hydrogen-bond donors (Lipinski definition) is 3. The summed E-state index contributed by atoms with van der Waals surface area (Å²) in [6.45, 7) is 18.1. The Hall–Kier alpha value is -5.71. The van der Waals surface area contributed by atoms with Crippen molar-refractivity contribution in [3.05, 3.63) is 106 Å². The number of aromatic nitrogens is 2. The van der Waals surface area contributed by atoms with Crippen molar-refractivity contribution >= 4 is 28.7 Å². The summed E-state index contributed by atoms with van der Waals surface area (Å²) in [4.78, 5) is 65.5. The number of nitrogens with zero attached hydrogens (tertiary/aromatic N) is 6. The van der Waals surface area contributed by atoms with Gasteiger partial charge < -0.3 is 18.8 Å². The number of carbonyl (C=O) groups excluding carboxylic acids is 3. The van der Waals surface area contributed by atoms with Gasteiger partial charge in [-0.3, -0.25) is 9.88 Å². The first-order valence-electron chi connectivity index (χ1n) is 28.2. The minimum absolute atomic E-state index is 0.00566. The predicted octanol–water partition coefficient (Wildman–Crippen LogP) is 4.91. The number of aromatic hydroxyl groups is 1. The van der Waals surface area contributed by atoms with E-state index >= 15 is 0 Å². The van der Waals surface area contributed by atoms with E-state index in [2.05, 4.69) is 77.4 Å². The van der Waals surface area contributed by atoms with Crippen molar-refractivity contribution in [3.63, 3.8) is 0 Å². The number of carbonyl (C=O) groups is 3. The number of methoxy groups -OCH3 is 1. The second-order valence-corrected chi connectivity index (χ2v) is 24.3. The SMILES string of the molecule is CCC1c2c(-c3cc(OCCN4CCOCC4)cnc3[C@H](C)OC)n(CC)c3ccc(cc23)-c2cc(O)cc(c2)C[C@H](NC(=O)[C@H](C(C)C)N(C)[N+](=O)[I-][C@H]2OCC[C@@H]2c2ccccc2)C(=O)N2CCC[C@@H](N2)C(=O)OCC1C. The normalized spacial score (nSPS) is 23.1. The maximum absolute atomic E-state index is 15.0. The number of phenolic OH excluding ortho intramolecular Hbond substituents is 1. The van der Waals surface area contributed by atoms with E-state index in [9.17, 15) is 24.4 Å². The van der Waals surface area contributed by atoms with Crippen LogP contribution < -0.4 is 37.0 Å². The van der Waals surface area contributed by atoms with Gasteiger partial charge in [-0.2, -0.15) is 0 Å². The standard InChI is InChI=1S/C60H79IN8O10/c1-9-46-38(5)36-79-60(73)50-17-14-21-68(64-50)59(72)51(63-58(71)55(37(3)4)65(7)69(74)61-57-47(20-25-78-57)41-15-12-11-13-16-41)31-40-29-43(32-44(70)30-40)42-18-19-52-48(33-42)53(46)56(67(52)10-2)49-34-45(35-62-54(49)39(6)75-8)77-28-24-66-22-26-76-27-23-66/h11-13,15-16,18-19,29-30,32-35,37-39,46-47,50-51,55,57,64,70H,9-10,14,17,20-28,31,36H2,1-8H3,(H,63,71)/t38?,39-,46?,47+,50+,51-,55-,57-/m0/s1. The van der Waals surface area contributed by atoms with Gasteiger partial charge in [-0.1, -0.05) is 13.8 Å². The number of fused-ring (bicyclic) bond motifs is 6. The minimum atomic E-state index is -1.28. The van der Waals surface area contributed by atoms with E-state index in [0.29, 0.717) is 57.1 Å². The molecule has 9 rings (SSSR count). The number of pyridine rings is 1. The van der Waals surface area contributed by atoms with Gasteiger partial charge in [0.1, 0.15) is 12.4 Å². The molecule has 3 N–H and O–H groups in total. The third-order valence-electron chi connectivity index (χ3n) is 16.2. The number of morpholine rings is 1. The quantitative estimate of drug-likeness (QED) is 0.0375. The molecule has 0 saturated carbocycles. The summed E-state index contributed by atoms with van der Waals surface area (Å²) in [6, 6.07) is 20.9. The van der Waals surface area contributed by atoms with Gasteiger partial charge in [0.2, 0.25) is 0 Å². The Balaban J connectivity index is 1.10. The molecule has 18 nitrogen and oxygen atoms in total. The summed E-state index contributed by atoms with van der Waals surface area (Å²) < 4.78 is 33.4. The van der Waals surface area contributed by atoms with E-state index < -0.39 is 57.4 Å². The van der Waals surface area contributed by atoms with Gasteiger partial charge in [0.15, 0.2) is 0 Å². The number of hydrogen-bond acceptors (Lipinski definition) is 13. The fourth-order valence-corrected chi connectivity index (χ4v) is 14.6. The molecule has 3 aromatic carbocycles. The van der Waals surface area contributed by atoms with Crippen LogP contribution in [0.15, 0.2) is 79.0 Å². The second kappa shape index (κ2) is 26.3. The maximum atomic E-state index is 15.0. The zero-order chi connectivity index (χ0) is 55.9. The number of phenols is 1. The number of esters is 1. The molecule has 4 aliphatic heterocycles. The van der Waals surface area contributed by atoms with Crippen LogP contribution in [0.5, 0.6) is 11.5 Å². The van der Waals surface area contributed by atoms with Gasteiger partial charge in [0, 0.05) is 49.8 Å². The molecule has 6 heterocycles. The fraction of sp³-hybridized carbons (Fsp3) is 0.533. The molecule has 19 heteroatoms. The van der Waals surface area contributed by atoms with Crippen LogP contribution in [0, 0.1) is 16.7 Å². The molecular formula is C60H79IN8O10. The fourth-order valence-electron chi connectivity index (χ4n) is 11.9. The third-order valence-corrected chi connectivity index (χ3v) is 19.1. The van der Waals surface area contributed by atoms with Gasteiger partial charge in [-0.25, -0.2) is 0 Å². The molecule has 3 saturated heterocycles. The average Bonchev–Trinajstić information content (AvgIpc) is 4.30. The monoisotopic (exact) mass is 1200 g/mol. The molecule has 79 heavy (non-hydrogen) atoms. The van der Waals surface area contributed by atoms with Crippen molar-refractivity contribution in [3.8, 4) is 33.9 Å². The Bertz CT molecular complexity index is 2950. The van der Waals surface area contributed by atoms with Gasteiger partial charge in [-0.05, 0) is 49.8 Å². The number of likely N-dealkylation sites (N-methyl/N-ethyl adjacent to an activating group) is 1. The minimum Gasteiger partial charge on any atom is -0.0587 e. The topological polar surface area (TPSA) is 189 Å². The Morgan fingerprint density at radius 2 is 1.78 bits per heavy atom. The average molecular weight is 1200 g/mol. The van der Waals surface area contributed by atoms with Crippen LogP contribution in [0.3, 0.4) is 0 Å². The molecule has 0 radical (unpaired) electrons. The number of nitroso groups, excluding NO2 is 1. The number of alkyl halides is 1. The summed E-state index contributed by atoms with van der Waals surface area (Å²) in [5.74, 6) is -1.33. The molecule has 426 valence electrons. The van der Waals surface area contributed by atoms with E-state index in [-0.39, 0.29) is 59.2 Å². The first-order valence-corrected chi connectivity index (χ1v) is 30.4. The van der Waals surface area contributed by atoms with Crippen molar-refractivity contribution in [2.75, 3.05) is 73.4 Å². The number of benzene rings is 3. The Kier molecular flexibility index (Phi) is 19.3. The Morgan fingerprint density at radius 3 is 2.52 bits per heavy atom. The number of aryl methyl sites for hydroxylation is 1. The molecule has 2 unspecified atom stereocenters. The molecule has 8 atom stereocenters. The summed E-state index contributed by atoms with van der Waals surface area (Å²) in [5.41, 5.74) is 11.2. The van der Waals surface area contributed by atoms with E-state index in [1.54, 1.807) is 32.5 Å². The van der Waals surface area contributed by atoms with Crippen molar-refractivity contribution in [2.45, 2.75) is 120 Å². The van der Waals surface area contributed by atoms with Crippen LogP contribution in [0.2, 0.25) is 0 Å². The number of ether oxygens (including phenoxy) is 5. The molecule has 2 aromatic heterocycles. The number of hydrazine groups is 2. The molecule has 5 aromatic rings. The van der Waals surface area contributed by atoms with E-state index in [4.69, 9.17) is 28.7 Å². The molecule has 4 aliphatic rings. The summed E-state index contributed by atoms with van der Waals surface area (Å²) in [5, 5.41) is 18.5. The zero-order valence-electron chi connectivity index (χ0n) is 47.0. The van der Waals surface area contributed by atoms with Crippen LogP contribution in [-0.2, 0) is 46.3 Å². The molecular weight excluding hydrogens is 1120 g/mol. The third kappa shape index (κ3) is 13.1. The summed E-state index contributed by atoms with van der Waals surface area (Å²) in [7, 11) is 3.31. The van der Waals surface area contributed by atoms with Gasteiger partial charge >= 0.3 is 279 Å². The Labute approximate surface area is 474 Å². The van der Waals surface area contributed by atoms with Crippen molar-refractivity contribution < 1.29 is 67.7 Å². The van der Waals surface area contributed by atoms with E-state index in [1.165, 1.54) is 10.0 Å². The van der Waals surface area contributed by atoms with Crippen LogP contribution >= 0.6 is 0 Å². The second-order valence-electron chi connectivity index (χ2n) is 21.7. The number of cyclic esters (lactones) is 1. The van der Waals surface area contributed by atoms with Crippen LogP contribution in [-0.4, -0.2) is 146 Å².